The smallest absolute Gasteiger partial charge is 0.293 e. The fourth-order valence-corrected chi connectivity index (χ4v) is 3.55. The number of carbonyl (C=O) groups is 2. The summed E-state index contributed by atoms with van der Waals surface area (Å²) in [6.45, 7) is 4.20. The standard InChI is InChI=1S/C20H18N2O5S/c1-13-6-7-14(2)17(10-13)27-9-8-21-19(23)18(28-20(21)24)12-15-4-3-5-16(11-15)22(25)26/h3-7,10-12H,8-9H2,1-2H3/b18-12-. The lowest BCUT2D eigenvalue weighted by Crippen LogP contribution is -2.32. The van der Waals surface area contributed by atoms with Gasteiger partial charge in [-0.15, -0.1) is 0 Å². The minimum Gasteiger partial charge on any atom is -0.491 e. The van der Waals surface area contributed by atoms with Gasteiger partial charge in [0.2, 0.25) is 0 Å². The minimum atomic E-state index is -0.506. The van der Waals surface area contributed by atoms with Crippen LogP contribution in [0.4, 0.5) is 10.5 Å². The molecule has 0 atom stereocenters. The predicted molar refractivity (Wildman–Crippen MR) is 107 cm³/mol. The van der Waals surface area contributed by atoms with Crippen molar-refractivity contribution in [3.8, 4) is 5.75 Å². The van der Waals surface area contributed by atoms with Crippen LogP contribution in [0, 0.1) is 24.0 Å². The molecule has 1 saturated heterocycles. The van der Waals surface area contributed by atoms with Crippen molar-refractivity contribution in [2.75, 3.05) is 13.2 Å². The number of hydrogen-bond acceptors (Lipinski definition) is 6. The van der Waals surface area contributed by atoms with Crippen molar-refractivity contribution in [1.82, 2.24) is 4.90 Å². The summed E-state index contributed by atoms with van der Waals surface area (Å²) in [5.74, 6) is 0.296. The number of nitro groups is 1. The number of hydrogen-bond donors (Lipinski definition) is 0. The minimum absolute atomic E-state index is 0.0742. The van der Waals surface area contributed by atoms with E-state index in [0.717, 1.165) is 33.5 Å². The molecule has 0 aliphatic carbocycles. The van der Waals surface area contributed by atoms with E-state index < -0.39 is 10.8 Å². The van der Waals surface area contributed by atoms with E-state index in [2.05, 4.69) is 0 Å². The average Bonchev–Trinajstić information content (AvgIpc) is 2.92. The number of rotatable bonds is 6. The Morgan fingerprint density at radius 2 is 1.96 bits per heavy atom. The second-order valence-corrected chi connectivity index (χ2v) is 7.30. The maximum absolute atomic E-state index is 12.5. The topological polar surface area (TPSA) is 89.8 Å². The Kier molecular flexibility index (Phi) is 5.79. The maximum atomic E-state index is 12.5. The van der Waals surface area contributed by atoms with Gasteiger partial charge in [0.05, 0.1) is 16.4 Å². The summed E-state index contributed by atoms with van der Waals surface area (Å²) in [5, 5.41) is 10.5. The first kappa shape index (κ1) is 19.6. The highest BCUT2D eigenvalue weighted by molar-refractivity contribution is 8.18. The molecule has 1 aliphatic heterocycles. The molecular weight excluding hydrogens is 380 g/mol. The van der Waals surface area contributed by atoms with Crippen LogP contribution in [0.25, 0.3) is 6.08 Å². The van der Waals surface area contributed by atoms with E-state index in [0.29, 0.717) is 5.56 Å². The summed E-state index contributed by atoms with van der Waals surface area (Å²) in [6.07, 6.45) is 1.49. The molecule has 8 heteroatoms. The number of aryl methyl sites for hydroxylation is 2. The van der Waals surface area contributed by atoms with Crippen molar-refractivity contribution < 1.29 is 19.2 Å². The number of imide groups is 1. The summed E-state index contributed by atoms with van der Waals surface area (Å²) in [7, 11) is 0. The normalized spacial score (nSPS) is 15.4. The second kappa shape index (κ2) is 8.26. The molecule has 0 unspecified atom stereocenters. The first-order valence-electron chi connectivity index (χ1n) is 8.55. The van der Waals surface area contributed by atoms with Crippen LogP contribution in [-0.2, 0) is 4.79 Å². The molecule has 1 heterocycles. The van der Waals surface area contributed by atoms with E-state index in [1.54, 1.807) is 6.07 Å². The molecule has 1 aliphatic rings. The van der Waals surface area contributed by atoms with Crippen LogP contribution in [0.2, 0.25) is 0 Å². The fraction of sp³-hybridized carbons (Fsp3) is 0.200. The first-order chi connectivity index (χ1) is 13.3. The third kappa shape index (κ3) is 4.40. The first-order valence-corrected chi connectivity index (χ1v) is 9.36. The Morgan fingerprint density at radius 1 is 1.18 bits per heavy atom. The van der Waals surface area contributed by atoms with Gasteiger partial charge in [-0.1, -0.05) is 24.3 Å². The Hall–Kier alpha value is -3.13. The second-order valence-electron chi connectivity index (χ2n) is 6.30. The van der Waals surface area contributed by atoms with Gasteiger partial charge in [-0.3, -0.25) is 24.6 Å². The average molecular weight is 398 g/mol. The molecule has 2 aromatic carbocycles. The molecule has 3 rings (SSSR count). The quantitative estimate of drug-likeness (QED) is 0.409. The van der Waals surface area contributed by atoms with Gasteiger partial charge in [0, 0.05) is 12.1 Å². The van der Waals surface area contributed by atoms with Gasteiger partial charge in [-0.05, 0) is 54.4 Å². The van der Waals surface area contributed by atoms with Crippen molar-refractivity contribution in [2.45, 2.75) is 13.8 Å². The highest BCUT2D eigenvalue weighted by atomic mass is 32.2. The molecule has 28 heavy (non-hydrogen) atoms. The van der Waals surface area contributed by atoms with Crippen molar-refractivity contribution >= 4 is 34.7 Å². The Bertz CT molecular complexity index is 986. The van der Waals surface area contributed by atoms with Gasteiger partial charge in [-0.25, -0.2) is 0 Å². The molecule has 2 aromatic rings. The van der Waals surface area contributed by atoms with Gasteiger partial charge < -0.3 is 4.74 Å². The number of amides is 2. The van der Waals surface area contributed by atoms with E-state index >= 15 is 0 Å². The van der Waals surface area contributed by atoms with Crippen molar-refractivity contribution in [2.24, 2.45) is 0 Å². The molecule has 1 fully saturated rings. The zero-order valence-electron chi connectivity index (χ0n) is 15.4. The van der Waals surface area contributed by atoms with Gasteiger partial charge in [0.1, 0.15) is 12.4 Å². The molecule has 0 N–H and O–H groups in total. The molecule has 2 amide bonds. The number of nitro benzene ring substituents is 1. The summed E-state index contributed by atoms with van der Waals surface area (Å²) in [6, 6.07) is 11.7. The third-order valence-corrected chi connectivity index (χ3v) is 5.08. The lowest BCUT2D eigenvalue weighted by atomic mass is 10.1. The monoisotopic (exact) mass is 398 g/mol. The number of benzene rings is 2. The zero-order chi connectivity index (χ0) is 20.3. The zero-order valence-corrected chi connectivity index (χ0v) is 16.2. The van der Waals surface area contributed by atoms with Crippen LogP contribution in [0.3, 0.4) is 0 Å². The highest BCUT2D eigenvalue weighted by Gasteiger charge is 2.34. The van der Waals surface area contributed by atoms with Crippen molar-refractivity contribution in [3.63, 3.8) is 0 Å². The molecule has 0 spiro atoms. The number of thioether (sulfide) groups is 1. The van der Waals surface area contributed by atoms with Crippen LogP contribution < -0.4 is 4.74 Å². The maximum Gasteiger partial charge on any atom is 0.293 e. The number of non-ortho nitro benzene ring substituents is 1. The van der Waals surface area contributed by atoms with Crippen molar-refractivity contribution in [1.29, 1.82) is 0 Å². The van der Waals surface area contributed by atoms with Crippen LogP contribution in [-0.4, -0.2) is 34.1 Å². The van der Waals surface area contributed by atoms with Crippen molar-refractivity contribution in [3.05, 3.63) is 74.2 Å². The molecule has 0 aromatic heterocycles. The third-order valence-electron chi connectivity index (χ3n) is 4.17. The van der Waals surface area contributed by atoms with E-state index in [9.17, 15) is 19.7 Å². The summed E-state index contributed by atoms with van der Waals surface area (Å²) in [4.78, 5) is 36.4. The Balaban J connectivity index is 1.67. The SMILES string of the molecule is Cc1ccc(C)c(OCCN2C(=O)S/C(=C\c3cccc([N+](=O)[O-])c3)C2=O)c1. The van der Waals surface area contributed by atoms with Gasteiger partial charge in [0.15, 0.2) is 0 Å². The summed E-state index contributed by atoms with van der Waals surface area (Å²) >= 11 is 0.816. The number of carbonyl (C=O) groups excluding carboxylic acids is 2. The highest BCUT2D eigenvalue weighted by Crippen LogP contribution is 2.32. The van der Waals surface area contributed by atoms with E-state index in [4.69, 9.17) is 4.74 Å². The summed E-state index contributed by atoms with van der Waals surface area (Å²) < 4.78 is 5.72. The van der Waals surface area contributed by atoms with Crippen LogP contribution >= 0.6 is 11.8 Å². The lowest BCUT2D eigenvalue weighted by Gasteiger charge is -2.14. The predicted octanol–water partition coefficient (Wildman–Crippen LogP) is 4.33. The van der Waals surface area contributed by atoms with Gasteiger partial charge in [0.25, 0.3) is 16.8 Å². The van der Waals surface area contributed by atoms with Gasteiger partial charge in [-0.2, -0.15) is 0 Å². The molecule has 0 saturated carbocycles. The molecule has 144 valence electrons. The number of nitrogens with zero attached hydrogens (tertiary/aromatic N) is 2. The lowest BCUT2D eigenvalue weighted by molar-refractivity contribution is -0.384. The molecule has 7 nitrogen and oxygen atoms in total. The van der Waals surface area contributed by atoms with E-state index in [-0.39, 0.29) is 29.0 Å². The summed E-state index contributed by atoms with van der Waals surface area (Å²) in [5.41, 5.74) is 2.46. The Labute approximate surface area is 166 Å². The Morgan fingerprint density at radius 3 is 2.71 bits per heavy atom. The van der Waals surface area contributed by atoms with Crippen LogP contribution in [0.15, 0.2) is 47.4 Å². The number of ether oxygens (including phenoxy) is 1. The van der Waals surface area contributed by atoms with E-state index in [1.807, 2.05) is 32.0 Å². The molecular formula is C20H18N2O5S. The fourth-order valence-electron chi connectivity index (χ4n) is 2.68. The van der Waals surface area contributed by atoms with Gasteiger partial charge >= 0.3 is 0 Å². The van der Waals surface area contributed by atoms with Crippen LogP contribution in [0.1, 0.15) is 16.7 Å². The largest absolute Gasteiger partial charge is 0.491 e. The van der Waals surface area contributed by atoms with E-state index in [1.165, 1.54) is 24.3 Å². The van der Waals surface area contributed by atoms with Crippen LogP contribution in [0.5, 0.6) is 5.75 Å². The molecule has 0 radical (unpaired) electrons. The molecule has 0 bridgehead atoms.